The number of hydrogen-bond donors (Lipinski definition) is 2. The molecule has 0 radical (unpaired) electrons. The van der Waals surface area contributed by atoms with Crippen LogP contribution in [0.1, 0.15) is 46.5 Å². The fourth-order valence-corrected chi connectivity index (χ4v) is 3.02. The van der Waals surface area contributed by atoms with E-state index >= 15 is 0 Å². The van der Waals surface area contributed by atoms with Gasteiger partial charge in [-0.15, -0.1) is 0 Å². The van der Waals surface area contributed by atoms with Crippen molar-refractivity contribution in [2.75, 3.05) is 6.54 Å². The summed E-state index contributed by atoms with van der Waals surface area (Å²) >= 11 is 0. The number of hydrogen-bond acceptors (Lipinski definition) is 3. The summed E-state index contributed by atoms with van der Waals surface area (Å²) in [6.07, 6.45) is 3.80. The van der Waals surface area contributed by atoms with Gasteiger partial charge in [0.2, 0.25) is 0 Å². The Bertz CT molecular complexity index is 235. The van der Waals surface area contributed by atoms with Crippen LogP contribution in [0.2, 0.25) is 0 Å². The van der Waals surface area contributed by atoms with Gasteiger partial charge >= 0.3 is 0 Å². The molecule has 3 atom stereocenters. The van der Waals surface area contributed by atoms with Crippen molar-refractivity contribution >= 4 is 0 Å². The second-order valence-electron chi connectivity index (χ2n) is 6.59. The first kappa shape index (κ1) is 12.3. The molecular weight excluding hydrogens is 202 g/mol. The molecule has 3 nitrogen and oxygen atoms in total. The predicted octanol–water partition coefficient (Wildman–Crippen LogP) is 1.38. The Hall–Kier alpha value is -0.120. The van der Waals surface area contributed by atoms with E-state index in [2.05, 4.69) is 25.7 Å². The first-order valence-corrected chi connectivity index (χ1v) is 6.50. The maximum atomic E-state index is 10.2. The molecule has 2 heterocycles. The fourth-order valence-electron chi connectivity index (χ4n) is 3.02. The fraction of sp³-hybridized carbons (Fsp3) is 1.00. The average Bonchev–Trinajstić information content (AvgIpc) is 2.41. The molecule has 2 fully saturated rings. The summed E-state index contributed by atoms with van der Waals surface area (Å²) in [4.78, 5) is 2.43. The lowest BCUT2D eigenvalue weighted by Gasteiger charge is -2.40. The minimum absolute atomic E-state index is 0.0461. The highest BCUT2D eigenvalue weighted by Gasteiger charge is 2.41. The Morgan fingerprint density at radius 1 is 1.19 bits per heavy atom. The molecule has 2 rings (SSSR count). The van der Waals surface area contributed by atoms with Crippen molar-refractivity contribution in [1.29, 1.82) is 0 Å². The number of aliphatic hydroxyl groups is 2. The van der Waals surface area contributed by atoms with Gasteiger partial charge in [0.25, 0.3) is 0 Å². The van der Waals surface area contributed by atoms with Gasteiger partial charge in [-0.25, -0.2) is 0 Å². The van der Waals surface area contributed by atoms with Crippen LogP contribution in [0, 0.1) is 5.41 Å². The first-order chi connectivity index (χ1) is 7.38. The number of piperidine rings is 1. The Morgan fingerprint density at radius 3 is 2.12 bits per heavy atom. The highest BCUT2D eigenvalue weighted by molar-refractivity contribution is 4.96. The quantitative estimate of drug-likeness (QED) is 0.749. The summed E-state index contributed by atoms with van der Waals surface area (Å²) in [6.45, 7) is 7.01. The summed E-state index contributed by atoms with van der Waals surface area (Å²) in [5, 5.41) is 19.9. The van der Waals surface area contributed by atoms with Crippen LogP contribution in [-0.2, 0) is 0 Å². The summed E-state index contributed by atoms with van der Waals surface area (Å²) < 4.78 is 0. The van der Waals surface area contributed by atoms with Gasteiger partial charge in [-0.3, -0.25) is 4.90 Å². The molecule has 2 N–H and O–H groups in total. The molecule has 2 saturated heterocycles. The van der Waals surface area contributed by atoms with Crippen LogP contribution in [0.5, 0.6) is 0 Å². The molecule has 2 aliphatic heterocycles. The molecule has 0 unspecified atom stereocenters. The summed E-state index contributed by atoms with van der Waals surface area (Å²) in [6, 6.07) is 1.01. The van der Waals surface area contributed by atoms with Gasteiger partial charge in [0.05, 0.1) is 12.2 Å². The van der Waals surface area contributed by atoms with Crippen LogP contribution in [0.15, 0.2) is 0 Å². The Labute approximate surface area is 98.5 Å². The molecule has 2 bridgehead atoms. The van der Waals surface area contributed by atoms with Gasteiger partial charge < -0.3 is 10.2 Å². The third-order valence-electron chi connectivity index (χ3n) is 4.24. The average molecular weight is 227 g/mol. The van der Waals surface area contributed by atoms with Crippen LogP contribution in [-0.4, -0.2) is 45.9 Å². The number of nitrogens with zero attached hydrogens (tertiary/aromatic N) is 1. The van der Waals surface area contributed by atoms with Crippen molar-refractivity contribution < 1.29 is 10.2 Å². The molecule has 0 amide bonds. The van der Waals surface area contributed by atoms with Crippen molar-refractivity contribution in [2.24, 2.45) is 5.41 Å². The molecule has 0 saturated carbocycles. The van der Waals surface area contributed by atoms with E-state index in [4.69, 9.17) is 0 Å². The van der Waals surface area contributed by atoms with Gasteiger partial charge in [-0.05, 0) is 31.1 Å². The highest BCUT2D eigenvalue weighted by atomic mass is 16.3. The topological polar surface area (TPSA) is 43.7 Å². The van der Waals surface area contributed by atoms with Gasteiger partial charge in [0.15, 0.2) is 0 Å². The van der Waals surface area contributed by atoms with Gasteiger partial charge in [0.1, 0.15) is 0 Å². The number of rotatable bonds is 2. The van der Waals surface area contributed by atoms with Gasteiger partial charge in [-0.2, -0.15) is 0 Å². The summed E-state index contributed by atoms with van der Waals surface area (Å²) in [5.74, 6) is 0. The molecule has 0 aromatic heterocycles. The SMILES string of the molecule is CC(C)(C)[C@H](O)CN1[C@H]2CC[C@H]1CC(O)C2. The van der Waals surface area contributed by atoms with Crippen molar-refractivity contribution in [1.82, 2.24) is 4.90 Å². The van der Waals surface area contributed by atoms with Crippen molar-refractivity contribution in [3.8, 4) is 0 Å². The molecule has 3 heteroatoms. The minimum Gasteiger partial charge on any atom is -0.393 e. The first-order valence-electron chi connectivity index (χ1n) is 6.50. The van der Waals surface area contributed by atoms with Gasteiger partial charge in [0, 0.05) is 18.6 Å². The standard InChI is InChI=1S/C13H25NO2/c1-13(2,3)12(16)8-14-9-4-5-10(14)7-11(15)6-9/h9-12,15-16H,4-8H2,1-3H3/t9-,10-,12+/m0/s1. The molecule has 0 spiro atoms. The zero-order valence-electron chi connectivity index (χ0n) is 10.7. The third kappa shape index (κ3) is 2.41. The predicted molar refractivity (Wildman–Crippen MR) is 64.2 cm³/mol. The van der Waals surface area contributed by atoms with Crippen LogP contribution in [0.3, 0.4) is 0 Å². The van der Waals surface area contributed by atoms with E-state index < -0.39 is 0 Å². The highest BCUT2D eigenvalue weighted by Crippen LogP contribution is 2.36. The normalized spacial score (nSPS) is 37.7. The summed E-state index contributed by atoms with van der Waals surface area (Å²) in [5.41, 5.74) is -0.0461. The van der Waals surface area contributed by atoms with E-state index in [-0.39, 0.29) is 17.6 Å². The zero-order chi connectivity index (χ0) is 11.9. The van der Waals surface area contributed by atoms with Crippen molar-refractivity contribution in [3.05, 3.63) is 0 Å². The van der Waals surface area contributed by atoms with E-state index in [1.54, 1.807) is 0 Å². The molecule has 16 heavy (non-hydrogen) atoms. The maximum absolute atomic E-state index is 10.2. The van der Waals surface area contributed by atoms with E-state index in [1.165, 1.54) is 12.8 Å². The van der Waals surface area contributed by atoms with Crippen LogP contribution in [0.25, 0.3) is 0 Å². The van der Waals surface area contributed by atoms with Gasteiger partial charge in [-0.1, -0.05) is 20.8 Å². The second-order valence-corrected chi connectivity index (χ2v) is 6.59. The Balaban J connectivity index is 1.96. The molecule has 0 aliphatic carbocycles. The number of aliphatic hydroxyl groups excluding tert-OH is 2. The molecule has 94 valence electrons. The third-order valence-corrected chi connectivity index (χ3v) is 4.24. The van der Waals surface area contributed by atoms with E-state index in [0.29, 0.717) is 12.1 Å². The van der Waals surface area contributed by atoms with E-state index in [1.807, 2.05) is 0 Å². The lowest BCUT2D eigenvalue weighted by Crippen LogP contribution is -2.50. The molecule has 0 aromatic rings. The molecule has 2 aliphatic rings. The lowest BCUT2D eigenvalue weighted by molar-refractivity contribution is -0.0218. The molecule has 0 aromatic carbocycles. The lowest BCUT2D eigenvalue weighted by atomic mass is 9.87. The van der Waals surface area contributed by atoms with E-state index in [0.717, 1.165) is 19.4 Å². The minimum atomic E-state index is -0.272. The zero-order valence-corrected chi connectivity index (χ0v) is 10.7. The van der Waals surface area contributed by atoms with Crippen LogP contribution >= 0.6 is 0 Å². The second kappa shape index (κ2) is 4.28. The Morgan fingerprint density at radius 2 is 1.69 bits per heavy atom. The maximum Gasteiger partial charge on any atom is 0.0715 e. The Kier molecular flexibility index (Phi) is 3.30. The molecular formula is C13H25NO2. The van der Waals surface area contributed by atoms with Crippen molar-refractivity contribution in [2.45, 2.75) is 70.7 Å². The van der Waals surface area contributed by atoms with E-state index in [9.17, 15) is 10.2 Å². The monoisotopic (exact) mass is 227 g/mol. The smallest absolute Gasteiger partial charge is 0.0715 e. The van der Waals surface area contributed by atoms with Crippen LogP contribution in [0.4, 0.5) is 0 Å². The summed E-state index contributed by atoms with van der Waals surface area (Å²) in [7, 11) is 0. The number of fused-ring (bicyclic) bond motifs is 2. The van der Waals surface area contributed by atoms with Crippen molar-refractivity contribution in [3.63, 3.8) is 0 Å². The van der Waals surface area contributed by atoms with Crippen LogP contribution < -0.4 is 0 Å². The largest absolute Gasteiger partial charge is 0.393 e.